The van der Waals surface area contributed by atoms with E-state index in [2.05, 4.69) is 25.9 Å². The van der Waals surface area contributed by atoms with Gasteiger partial charge in [0.1, 0.15) is 4.88 Å². The molecule has 2 heterocycles. The van der Waals surface area contributed by atoms with Crippen LogP contribution >= 0.6 is 27.3 Å². The highest BCUT2D eigenvalue weighted by Crippen LogP contribution is 2.31. The molecule has 0 fully saturated rings. The molecule has 0 unspecified atom stereocenters. The predicted molar refractivity (Wildman–Crippen MR) is 69.0 cm³/mol. The number of hydrogen-bond donors (Lipinski definition) is 0. The van der Waals surface area contributed by atoms with Crippen molar-refractivity contribution in [2.75, 3.05) is 6.61 Å². The van der Waals surface area contributed by atoms with E-state index in [4.69, 9.17) is 4.74 Å². The van der Waals surface area contributed by atoms with E-state index in [9.17, 15) is 4.79 Å². The molecule has 0 amide bonds. The first-order chi connectivity index (χ1) is 8.22. The summed E-state index contributed by atoms with van der Waals surface area (Å²) in [5.74, 6) is -0.345. The molecule has 0 radical (unpaired) electrons. The number of pyridine rings is 1. The van der Waals surface area contributed by atoms with Crippen molar-refractivity contribution in [3.8, 4) is 11.3 Å². The number of carbonyl (C=O) groups excluding carboxylic acids is 1. The first-order valence-electron chi connectivity index (χ1n) is 4.96. The second-order valence-electron chi connectivity index (χ2n) is 3.10. The highest BCUT2D eigenvalue weighted by atomic mass is 79.9. The molecular weight excluding hydrogens is 304 g/mol. The number of carbonyl (C=O) groups is 1. The molecule has 0 aliphatic rings. The van der Waals surface area contributed by atoms with Crippen LogP contribution in [0.25, 0.3) is 11.3 Å². The Morgan fingerprint density at radius 3 is 2.82 bits per heavy atom. The van der Waals surface area contributed by atoms with Crippen molar-refractivity contribution in [2.24, 2.45) is 0 Å². The van der Waals surface area contributed by atoms with Crippen LogP contribution in [0, 0.1) is 0 Å². The summed E-state index contributed by atoms with van der Waals surface area (Å²) in [6.45, 7) is 2.13. The average Bonchev–Trinajstić information content (AvgIpc) is 2.73. The highest BCUT2D eigenvalue weighted by molar-refractivity contribution is 9.11. The molecule has 0 aromatic carbocycles. The van der Waals surface area contributed by atoms with Crippen molar-refractivity contribution in [1.82, 2.24) is 9.97 Å². The van der Waals surface area contributed by atoms with E-state index >= 15 is 0 Å². The summed E-state index contributed by atoms with van der Waals surface area (Å²) in [6.07, 6.45) is 3.33. The molecule has 2 rings (SSSR count). The number of halogens is 1. The lowest BCUT2D eigenvalue weighted by Gasteiger charge is -2.01. The summed E-state index contributed by atoms with van der Waals surface area (Å²) in [5, 5.41) is 0. The third-order valence-corrected chi connectivity index (χ3v) is 3.50. The van der Waals surface area contributed by atoms with Crippen LogP contribution in [-0.4, -0.2) is 22.5 Å². The van der Waals surface area contributed by atoms with Crippen LogP contribution in [-0.2, 0) is 4.74 Å². The van der Waals surface area contributed by atoms with Gasteiger partial charge in [-0.05, 0) is 35.0 Å². The molecule has 2 aromatic heterocycles. The van der Waals surface area contributed by atoms with Crippen LogP contribution in [0.4, 0.5) is 0 Å². The number of esters is 1. The van der Waals surface area contributed by atoms with Gasteiger partial charge >= 0.3 is 5.97 Å². The van der Waals surface area contributed by atoms with Gasteiger partial charge in [0.25, 0.3) is 0 Å². The van der Waals surface area contributed by atoms with Crippen molar-refractivity contribution in [3.63, 3.8) is 0 Å². The van der Waals surface area contributed by atoms with E-state index < -0.39 is 0 Å². The molecule has 6 heteroatoms. The monoisotopic (exact) mass is 312 g/mol. The maximum absolute atomic E-state index is 11.8. The van der Waals surface area contributed by atoms with Crippen molar-refractivity contribution >= 4 is 33.2 Å². The zero-order chi connectivity index (χ0) is 12.3. The minimum Gasteiger partial charge on any atom is -0.462 e. The number of thiazole rings is 1. The van der Waals surface area contributed by atoms with Gasteiger partial charge in [-0.3, -0.25) is 4.98 Å². The van der Waals surface area contributed by atoms with Gasteiger partial charge < -0.3 is 4.74 Å². The lowest BCUT2D eigenvalue weighted by Crippen LogP contribution is -2.03. The van der Waals surface area contributed by atoms with Gasteiger partial charge in [-0.25, -0.2) is 9.78 Å². The Balaban J connectivity index is 2.44. The zero-order valence-corrected chi connectivity index (χ0v) is 11.4. The lowest BCUT2D eigenvalue weighted by molar-refractivity contribution is 0.0532. The molecule has 0 aliphatic heterocycles. The van der Waals surface area contributed by atoms with Gasteiger partial charge in [-0.15, -0.1) is 0 Å². The Labute approximate surface area is 111 Å². The minimum absolute atomic E-state index is 0.345. The average molecular weight is 313 g/mol. The maximum atomic E-state index is 11.8. The van der Waals surface area contributed by atoms with Crippen LogP contribution in [0.15, 0.2) is 28.4 Å². The zero-order valence-electron chi connectivity index (χ0n) is 9.01. The Bertz CT molecular complexity index is 528. The fourth-order valence-electron chi connectivity index (χ4n) is 1.33. The summed E-state index contributed by atoms with van der Waals surface area (Å²) in [4.78, 5) is 20.5. The van der Waals surface area contributed by atoms with Crippen molar-refractivity contribution < 1.29 is 9.53 Å². The van der Waals surface area contributed by atoms with Gasteiger partial charge in [0, 0.05) is 18.0 Å². The topological polar surface area (TPSA) is 52.1 Å². The molecule has 0 bridgehead atoms. The molecule has 88 valence electrons. The molecule has 0 N–H and O–H groups in total. The van der Waals surface area contributed by atoms with Crippen LogP contribution in [0.5, 0.6) is 0 Å². The van der Waals surface area contributed by atoms with Crippen molar-refractivity contribution in [3.05, 3.63) is 33.3 Å². The Hall–Kier alpha value is -1.27. The van der Waals surface area contributed by atoms with Crippen LogP contribution in [0.3, 0.4) is 0 Å². The Morgan fingerprint density at radius 2 is 2.18 bits per heavy atom. The fourth-order valence-corrected chi connectivity index (χ4v) is 2.71. The largest absolute Gasteiger partial charge is 0.462 e. The van der Waals surface area contributed by atoms with Crippen molar-refractivity contribution in [2.45, 2.75) is 6.92 Å². The van der Waals surface area contributed by atoms with E-state index in [1.807, 2.05) is 12.1 Å². The second kappa shape index (κ2) is 5.37. The normalized spacial score (nSPS) is 10.2. The lowest BCUT2D eigenvalue weighted by atomic mass is 10.2. The number of ether oxygens (including phenoxy) is 1. The number of rotatable bonds is 3. The molecular formula is C11H9BrN2O2S. The van der Waals surface area contributed by atoms with Gasteiger partial charge in [0.15, 0.2) is 3.92 Å². The first-order valence-corrected chi connectivity index (χ1v) is 6.57. The van der Waals surface area contributed by atoms with Crippen LogP contribution in [0.1, 0.15) is 16.6 Å². The second-order valence-corrected chi connectivity index (χ2v) is 5.38. The summed E-state index contributed by atoms with van der Waals surface area (Å²) in [5.41, 5.74) is 1.48. The molecule has 0 spiro atoms. The van der Waals surface area contributed by atoms with Gasteiger partial charge in [-0.2, -0.15) is 0 Å². The number of aromatic nitrogens is 2. The molecule has 17 heavy (non-hydrogen) atoms. The molecule has 0 saturated carbocycles. The molecule has 2 aromatic rings. The fraction of sp³-hybridized carbons (Fsp3) is 0.182. The van der Waals surface area contributed by atoms with E-state index in [0.29, 0.717) is 21.1 Å². The molecule has 0 aliphatic carbocycles. The minimum atomic E-state index is -0.345. The van der Waals surface area contributed by atoms with Crippen LogP contribution in [0.2, 0.25) is 0 Å². The standard InChI is InChI=1S/C11H9BrN2O2S/c1-2-16-10(15)9-8(14-11(12)17-9)7-3-5-13-6-4-7/h3-6H,2H2,1H3. The van der Waals surface area contributed by atoms with Gasteiger partial charge in [0.2, 0.25) is 0 Å². The van der Waals surface area contributed by atoms with E-state index in [1.54, 1.807) is 19.3 Å². The SMILES string of the molecule is CCOC(=O)c1sc(Br)nc1-c1ccncc1. The smallest absolute Gasteiger partial charge is 0.350 e. The molecule has 0 atom stereocenters. The highest BCUT2D eigenvalue weighted by Gasteiger charge is 2.19. The van der Waals surface area contributed by atoms with E-state index in [1.165, 1.54) is 11.3 Å². The van der Waals surface area contributed by atoms with Crippen LogP contribution < -0.4 is 0 Å². The molecule has 4 nitrogen and oxygen atoms in total. The number of hydrogen-bond acceptors (Lipinski definition) is 5. The van der Waals surface area contributed by atoms with E-state index in [0.717, 1.165) is 5.56 Å². The van der Waals surface area contributed by atoms with E-state index in [-0.39, 0.29) is 5.97 Å². The summed E-state index contributed by atoms with van der Waals surface area (Å²) >= 11 is 4.55. The van der Waals surface area contributed by atoms with Crippen molar-refractivity contribution in [1.29, 1.82) is 0 Å². The first kappa shape index (κ1) is 12.2. The quantitative estimate of drug-likeness (QED) is 0.817. The predicted octanol–water partition coefficient (Wildman–Crippen LogP) is 3.14. The summed E-state index contributed by atoms with van der Waals surface area (Å²) in [6, 6.07) is 3.62. The maximum Gasteiger partial charge on any atom is 0.350 e. The summed E-state index contributed by atoms with van der Waals surface area (Å²) < 4.78 is 5.66. The summed E-state index contributed by atoms with van der Waals surface area (Å²) in [7, 11) is 0. The third kappa shape index (κ3) is 2.70. The Kier molecular flexibility index (Phi) is 3.86. The third-order valence-electron chi connectivity index (χ3n) is 2.02. The molecule has 0 saturated heterocycles. The van der Waals surface area contributed by atoms with Gasteiger partial charge in [0.05, 0.1) is 12.3 Å². The Morgan fingerprint density at radius 1 is 1.47 bits per heavy atom. The number of nitrogens with zero attached hydrogens (tertiary/aromatic N) is 2. The van der Waals surface area contributed by atoms with Gasteiger partial charge in [-0.1, -0.05) is 11.3 Å².